The summed E-state index contributed by atoms with van der Waals surface area (Å²) < 4.78 is 0. The van der Waals surface area contributed by atoms with Crippen LogP contribution in [0.5, 0.6) is 0 Å². The summed E-state index contributed by atoms with van der Waals surface area (Å²) in [6.07, 6.45) is 0. The van der Waals surface area contributed by atoms with E-state index in [1.807, 2.05) is 31.2 Å². The quantitative estimate of drug-likeness (QED) is 0.660. The normalized spacial score (nSPS) is 19.4. The second-order valence-electron chi connectivity index (χ2n) is 4.92. The van der Waals surface area contributed by atoms with Gasteiger partial charge in [0.15, 0.2) is 0 Å². The maximum absolute atomic E-state index is 12.3. The minimum absolute atomic E-state index is 0.0130. The first-order valence-electron chi connectivity index (χ1n) is 6.36. The van der Waals surface area contributed by atoms with E-state index in [1.54, 1.807) is 11.8 Å². The Morgan fingerprint density at radius 2 is 1.95 bits per heavy atom. The number of rotatable bonds is 3. The van der Waals surface area contributed by atoms with Crippen molar-refractivity contribution in [3.8, 4) is 0 Å². The van der Waals surface area contributed by atoms with Gasteiger partial charge in [-0.25, -0.2) is 0 Å². The van der Waals surface area contributed by atoms with E-state index in [9.17, 15) is 9.59 Å². The average Bonchev–Trinajstić information content (AvgIpc) is 2.40. The van der Waals surface area contributed by atoms with E-state index in [0.29, 0.717) is 0 Å². The van der Waals surface area contributed by atoms with Crippen molar-refractivity contribution in [3.05, 3.63) is 29.8 Å². The van der Waals surface area contributed by atoms with Crippen LogP contribution in [-0.2, 0) is 9.59 Å². The van der Waals surface area contributed by atoms with E-state index in [4.69, 9.17) is 18.0 Å². The molecule has 0 saturated carbocycles. The van der Waals surface area contributed by atoms with Crippen LogP contribution >= 0.6 is 12.2 Å². The minimum Gasteiger partial charge on any atom is -0.392 e. The summed E-state index contributed by atoms with van der Waals surface area (Å²) >= 11 is 4.78. The monoisotopic (exact) mass is 291 g/mol. The molecule has 0 spiro atoms. The molecule has 1 unspecified atom stereocenters. The zero-order valence-electron chi connectivity index (χ0n) is 11.5. The Balaban J connectivity index is 2.23. The lowest BCUT2D eigenvalue weighted by atomic mass is 10.1. The van der Waals surface area contributed by atoms with E-state index >= 15 is 0 Å². The Kier molecular flexibility index (Phi) is 4.04. The number of piperazine rings is 1. The van der Waals surface area contributed by atoms with Crippen LogP contribution in [0.3, 0.4) is 0 Å². The molecule has 5 nitrogen and oxygen atoms in total. The molecule has 0 aromatic heterocycles. The van der Waals surface area contributed by atoms with Crippen LogP contribution in [-0.4, -0.2) is 40.8 Å². The molecule has 1 aliphatic rings. The SMILES string of the molecule is Cc1ccc(N2CC(=O)N(CC(N)=S)C(=O)C2C)cc1. The summed E-state index contributed by atoms with van der Waals surface area (Å²) in [5, 5.41) is 0. The summed E-state index contributed by atoms with van der Waals surface area (Å²) in [5.41, 5.74) is 7.42. The second-order valence-corrected chi connectivity index (χ2v) is 5.45. The van der Waals surface area contributed by atoms with Gasteiger partial charge in [0.2, 0.25) is 5.91 Å². The molecule has 1 atom stereocenters. The highest BCUT2D eigenvalue weighted by molar-refractivity contribution is 7.80. The van der Waals surface area contributed by atoms with Crippen molar-refractivity contribution in [1.82, 2.24) is 4.90 Å². The molecule has 1 saturated heterocycles. The van der Waals surface area contributed by atoms with Crippen molar-refractivity contribution >= 4 is 34.7 Å². The highest BCUT2D eigenvalue weighted by atomic mass is 32.1. The van der Waals surface area contributed by atoms with Crippen molar-refractivity contribution in [2.45, 2.75) is 19.9 Å². The van der Waals surface area contributed by atoms with Gasteiger partial charge in [0.05, 0.1) is 18.1 Å². The third-order valence-electron chi connectivity index (χ3n) is 3.38. The fraction of sp³-hybridized carbons (Fsp3) is 0.357. The highest BCUT2D eigenvalue weighted by Crippen LogP contribution is 2.22. The van der Waals surface area contributed by atoms with Crippen molar-refractivity contribution in [1.29, 1.82) is 0 Å². The number of nitrogens with zero attached hydrogens (tertiary/aromatic N) is 2. The molecule has 20 heavy (non-hydrogen) atoms. The number of carbonyl (C=O) groups is 2. The summed E-state index contributed by atoms with van der Waals surface area (Å²) in [5.74, 6) is -0.545. The fourth-order valence-electron chi connectivity index (χ4n) is 2.22. The molecule has 1 aliphatic heterocycles. The first kappa shape index (κ1) is 14.5. The zero-order chi connectivity index (χ0) is 14.9. The molecule has 2 N–H and O–H groups in total. The van der Waals surface area contributed by atoms with Crippen molar-refractivity contribution < 1.29 is 9.59 Å². The van der Waals surface area contributed by atoms with Gasteiger partial charge in [0, 0.05) is 5.69 Å². The first-order valence-corrected chi connectivity index (χ1v) is 6.77. The van der Waals surface area contributed by atoms with Gasteiger partial charge in [0.25, 0.3) is 5.91 Å². The lowest BCUT2D eigenvalue weighted by Crippen LogP contribution is -2.60. The van der Waals surface area contributed by atoms with Crippen molar-refractivity contribution in [2.75, 3.05) is 18.0 Å². The number of hydrogen-bond acceptors (Lipinski definition) is 4. The van der Waals surface area contributed by atoms with Gasteiger partial charge in [-0.3, -0.25) is 14.5 Å². The number of hydrogen-bond donors (Lipinski definition) is 1. The van der Waals surface area contributed by atoms with Gasteiger partial charge in [-0.05, 0) is 26.0 Å². The number of imide groups is 1. The third-order valence-corrected chi connectivity index (χ3v) is 3.51. The summed E-state index contributed by atoms with van der Waals surface area (Å²) in [7, 11) is 0. The van der Waals surface area contributed by atoms with Gasteiger partial charge < -0.3 is 10.6 Å². The molecule has 1 aromatic carbocycles. The molecule has 6 heteroatoms. The molecule has 1 aromatic rings. The standard InChI is InChI=1S/C14H17N3O2S/c1-9-3-5-11(6-4-9)16-8-13(18)17(7-12(15)20)14(19)10(16)2/h3-6,10H,7-8H2,1-2H3,(H2,15,20). The molecule has 1 fully saturated rings. The maximum Gasteiger partial charge on any atom is 0.252 e. The van der Waals surface area contributed by atoms with Crippen LogP contribution in [0, 0.1) is 6.92 Å². The number of thiocarbonyl (C=S) groups is 1. The Hall–Kier alpha value is -1.95. The number of anilines is 1. The largest absolute Gasteiger partial charge is 0.392 e. The molecule has 106 valence electrons. The molecule has 0 radical (unpaired) electrons. The van der Waals surface area contributed by atoms with Crippen LogP contribution in [0.4, 0.5) is 5.69 Å². The molecular formula is C14H17N3O2S. The van der Waals surface area contributed by atoms with E-state index < -0.39 is 6.04 Å². The second kappa shape index (κ2) is 5.58. The average molecular weight is 291 g/mol. The molecule has 2 rings (SSSR count). The Bertz CT molecular complexity index is 556. The molecule has 0 aliphatic carbocycles. The van der Waals surface area contributed by atoms with E-state index in [2.05, 4.69) is 0 Å². The lowest BCUT2D eigenvalue weighted by molar-refractivity contribution is -0.146. The van der Waals surface area contributed by atoms with Gasteiger partial charge >= 0.3 is 0 Å². The molecular weight excluding hydrogens is 274 g/mol. The van der Waals surface area contributed by atoms with Crippen LogP contribution < -0.4 is 10.6 Å². The van der Waals surface area contributed by atoms with Gasteiger partial charge in [-0.15, -0.1) is 0 Å². The first-order chi connectivity index (χ1) is 9.40. The van der Waals surface area contributed by atoms with Crippen LogP contribution in [0.15, 0.2) is 24.3 Å². The van der Waals surface area contributed by atoms with Crippen molar-refractivity contribution in [2.24, 2.45) is 5.73 Å². The highest BCUT2D eigenvalue weighted by Gasteiger charge is 2.37. The summed E-state index contributed by atoms with van der Waals surface area (Å²) in [6.45, 7) is 3.93. The third kappa shape index (κ3) is 2.80. The van der Waals surface area contributed by atoms with Crippen LogP contribution in [0.2, 0.25) is 0 Å². The topological polar surface area (TPSA) is 66.6 Å². The van der Waals surface area contributed by atoms with Crippen LogP contribution in [0.25, 0.3) is 0 Å². The van der Waals surface area contributed by atoms with Crippen LogP contribution in [0.1, 0.15) is 12.5 Å². The minimum atomic E-state index is -0.412. The van der Waals surface area contributed by atoms with E-state index in [1.165, 1.54) is 0 Å². The number of nitrogens with two attached hydrogens (primary N) is 1. The zero-order valence-corrected chi connectivity index (χ0v) is 12.3. The molecule has 2 amide bonds. The lowest BCUT2D eigenvalue weighted by Gasteiger charge is -2.38. The molecule has 1 heterocycles. The predicted molar refractivity (Wildman–Crippen MR) is 81.5 cm³/mol. The molecule has 0 bridgehead atoms. The Morgan fingerprint density at radius 3 is 2.50 bits per heavy atom. The van der Waals surface area contributed by atoms with Gasteiger partial charge in [-0.2, -0.15) is 0 Å². The van der Waals surface area contributed by atoms with E-state index in [0.717, 1.165) is 16.2 Å². The van der Waals surface area contributed by atoms with Gasteiger partial charge in [-0.1, -0.05) is 29.9 Å². The number of aryl methyl sites for hydroxylation is 1. The smallest absolute Gasteiger partial charge is 0.252 e. The fourth-order valence-corrected chi connectivity index (χ4v) is 2.35. The predicted octanol–water partition coefficient (Wildman–Crippen LogP) is 0.845. The number of amides is 2. The van der Waals surface area contributed by atoms with Crippen molar-refractivity contribution in [3.63, 3.8) is 0 Å². The number of carbonyl (C=O) groups excluding carboxylic acids is 2. The summed E-state index contributed by atoms with van der Waals surface area (Å²) in [4.78, 5) is 27.4. The maximum atomic E-state index is 12.3. The van der Waals surface area contributed by atoms with Gasteiger partial charge in [0.1, 0.15) is 6.04 Å². The summed E-state index contributed by atoms with van der Waals surface area (Å²) in [6, 6.07) is 7.33. The Labute approximate surface area is 123 Å². The Morgan fingerprint density at radius 1 is 1.35 bits per heavy atom. The van der Waals surface area contributed by atoms with E-state index in [-0.39, 0.29) is 29.9 Å². The number of benzene rings is 1.